The molecule has 0 aliphatic carbocycles. The molecule has 0 N–H and O–H groups in total. The number of benzene rings is 2. The SMILES string of the molecule is O=S(=O)(c1cc(CCl)ccc1Cl)N1CCc2ccccc21. The highest BCUT2D eigenvalue weighted by molar-refractivity contribution is 7.93. The molecule has 0 fully saturated rings. The van der Waals surface area contributed by atoms with Crippen LogP contribution in [0, 0.1) is 0 Å². The van der Waals surface area contributed by atoms with Crippen LogP contribution < -0.4 is 4.31 Å². The monoisotopic (exact) mass is 341 g/mol. The molecule has 1 aliphatic rings. The van der Waals surface area contributed by atoms with Gasteiger partial charge in [0.25, 0.3) is 10.0 Å². The van der Waals surface area contributed by atoms with E-state index in [0.717, 1.165) is 16.8 Å². The average Bonchev–Trinajstić information content (AvgIpc) is 2.92. The quantitative estimate of drug-likeness (QED) is 0.795. The Balaban J connectivity index is 2.10. The Bertz CT molecular complexity index is 790. The summed E-state index contributed by atoms with van der Waals surface area (Å²) in [5.41, 5.74) is 2.49. The largest absolute Gasteiger partial charge is 0.266 e. The molecule has 0 amide bonds. The van der Waals surface area contributed by atoms with Crippen LogP contribution in [0.4, 0.5) is 5.69 Å². The summed E-state index contributed by atoms with van der Waals surface area (Å²) in [6.07, 6.45) is 0.711. The van der Waals surface area contributed by atoms with Crippen molar-refractivity contribution in [1.29, 1.82) is 0 Å². The molecular formula is C15H13Cl2NO2S. The van der Waals surface area contributed by atoms with Gasteiger partial charge in [-0.3, -0.25) is 4.31 Å². The first-order chi connectivity index (χ1) is 10.0. The normalized spacial score (nSPS) is 14.3. The number of anilines is 1. The van der Waals surface area contributed by atoms with E-state index in [1.165, 1.54) is 4.31 Å². The standard InChI is InChI=1S/C15H13Cl2NO2S/c16-10-11-5-6-13(17)15(9-11)21(19,20)18-8-7-12-3-1-2-4-14(12)18/h1-6,9H,7-8,10H2. The smallest absolute Gasteiger partial charge is 0.265 e. The Morgan fingerprint density at radius 1 is 1.14 bits per heavy atom. The molecule has 0 atom stereocenters. The Hall–Kier alpha value is -1.23. The number of hydrogen-bond acceptors (Lipinski definition) is 2. The molecule has 0 bridgehead atoms. The highest BCUT2D eigenvalue weighted by Gasteiger charge is 2.32. The molecule has 1 aliphatic heterocycles. The number of nitrogens with zero attached hydrogens (tertiary/aromatic N) is 1. The summed E-state index contributed by atoms with van der Waals surface area (Å²) in [7, 11) is -3.67. The molecule has 0 saturated carbocycles. The summed E-state index contributed by atoms with van der Waals surface area (Å²) in [6, 6.07) is 12.4. The van der Waals surface area contributed by atoms with Gasteiger partial charge in [-0.05, 0) is 35.7 Å². The van der Waals surface area contributed by atoms with E-state index in [9.17, 15) is 8.42 Å². The number of para-hydroxylation sites is 1. The van der Waals surface area contributed by atoms with Crippen molar-refractivity contribution >= 4 is 38.9 Å². The predicted molar refractivity (Wildman–Crippen MR) is 85.7 cm³/mol. The number of hydrogen-bond donors (Lipinski definition) is 0. The van der Waals surface area contributed by atoms with Crippen LogP contribution in [0.5, 0.6) is 0 Å². The van der Waals surface area contributed by atoms with Gasteiger partial charge in [0.1, 0.15) is 4.90 Å². The zero-order chi connectivity index (χ0) is 15.0. The second-order valence-corrected chi connectivity index (χ2v) is 7.36. The van der Waals surface area contributed by atoms with Crippen molar-refractivity contribution in [2.75, 3.05) is 10.8 Å². The maximum absolute atomic E-state index is 12.9. The van der Waals surface area contributed by atoms with Gasteiger partial charge in [-0.2, -0.15) is 0 Å². The van der Waals surface area contributed by atoms with Crippen molar-refractivity contribution < 1.29 is 8.42 Å². The van der Waals surface area contributed by atoms with Gasteiger partial charge < -0.3 is 0 Å². The molecule has 3 rings (SSSR count). The van der Waals surface area contributed by atoms with Crippen LogP contribution in [-0.2, 0) is 22.3 Å². The van der Waals surface area contributed by atoms with Crippen LogP contribution in [0.2, 0.25) is 5.02 Å². The number of fused-ring (bicyclic) bond motifs is 1. The fraction of sp³-hybridized carbons (Fsp3) is 0.200. The summed E-state index contributed by atoms with van der Waals surface area (Å²) in [6.45, 7) is 0.434. The fourth-order valence-corrected chi connectivity index (χ4v) is 4.70. The summed E-state index contributed by atoms with van der Waals surface area (Å²) >= 11 is 11.9. The third-order valence-electron chi connectivity index (χ3n) is 3.56. The predicted octanol–water partition coefficient (Wildman–Crippen LogP) is 3.83. The topological polar surface area (TPSA) is 37.4 Å². The van der Waals surface area contributed by atoms with Gasteiger partial charge in [0, 0.05) is 12.4 Å². The number of sulfonamides is 1. The zero-order valence-corrected chi connectivity index (χ0v) is 13.4. The van der Waals surface area contributed by atoms with E-state index in [4.69, 9.17) is 23.2 Å². The van der Waals surface area contributed by atoms with Gasteiger partial charge in [0.2, 0.25) is 0 Å². The number of alkyl halides is 1. The summed E-state index contributed by atoms with van der Waals surface area (Å²) in [5.74, 6) is 0.246. The van der Waals surface area contributed by atoms with E-state index in [1.807, 2.05) is 24.3 Å². The van der Waals surface area contributed by atoms with Crippen molar-refractivity contribution in [3.05, 3.63) is 58.6 Å². The van der Waals surface area contributed by atoms with Crippen LogP contribution in [0.25, 0.3) is 0 Å². The van der Waals surface area contributed by atoms with E-state index in [1.54, 1.807) is 18.2 Å². The molecule has 6 heteroatoms. The first-order valence-corrected chi connectivity index (χ1v) is 8.84. The van der Waals surface area contributed by atoms with Crippen LogP contribution in [0.15, 0.2) is 47.4 Å². The molecular weight excluding hydrogens is 329 g/mol. The summed E-state index contributed by atoms with van der Waals surface area (Å²) < 4.78 is 27.2. The third kappa shape index (κ3) is 2.52. The van der Waals surface area contributed by atoms with Gasteiger partial charge >= 0.3 is 0 Å². The van der Waals surface area contributed by atoms with Crippen molar-refractivity contribution in [3.8, 4) is 0 Å². The molecule has 21 heavy (non-hydrogen) atoms. The zero-order valence-electron chi connectivity index (χ0n) is 11.1. The molecule has 3 nitrogen and oxygen atoms in total. The Kier molecular flexibility index (Phi) is 3.86. The fourth-order valence-electron chi connectivity index (χ4n) is 2.50. The number of halogens is 2. The maximum Gasteiger partial charge on any atom is 0.265 e. The second-order valence-electron chi connectivity index (χ2n) is 4.85. The van der Waals surface area contributed by atoms with Crippen LogP contribution in [0.3, 0.4) is 0 Å². The molecule has 110 valence electrons. The van der Waals surface area contributed by atoms with Crippen molar-refractivity contribution in [2.45, 2.75) is 17.2 Å². The van der Waals surface area contributed by atoms with E-state index in [0.29, 0.717) is 13.0 Å². The average molecular weight is 342 g/mol. The van der Waals surface area contributed by atoms with Gasteiger partial charge in [0.15, 0.2) is 0 Å². The Labute approximate surface area is 134 Å². The number of rotatable bonds is 3. The second kappa shape index (κ2) is 5.52. The van der Waals surface area contributed by atoms with E-state index < -0.39 is 10.0 Å². The maximum atomic E-state index is 12.9. The molecule has 0 aromatic heterocycles. The lowest BCUT2D eigenvalue weighted by Gasteiger charge is -2.20. The Morgan fingerprint density at radius 3 is 2.67 bits per heavy atom. The van der Waals surface area contributed by atoms with E-state index in [2.05, 4.69) is 0 Å². The summed E-state index contributed by atoms with van der Waals surface area (Å²) in [5, 5.41) is 0.216. The summed E-state index contributed by atoms with van der Waals surface area (Å²) in [4.78, 5) is 0.110. The minimum absolute atomic E-state index is 0.110. The first kappa shape index (κ1) is 14.7. The third-order valence-corrected chi connectivity index (χ3v) is 6.17. The lowest BCUT2D eigenvalue weighted by atomic mass is 10.2. The van der Waals surface area contributed by atoms with E-state index >= 15 is 0 Å². The Morgan fingerprint density at radius 2 is 1.90 bits per heavy atom. The van der Waals surface area contributed by atoms with Gasteiger partial charge in [0.05, 0.1) is 10.7 Å². The first-order valence-electron chi connectivity index (χ1n) is 6.49. The molecule has 0 saturated heterocycles. The van der Waals surface area contributed by atoms with Crippen LogP contribution in [-0.4, -0.2) is 15.0 Å². The molecule has 2 aromatic carbocycles. The van der Waals surface area contributed by atoms with Crippen molar-refractivity contribution in [2.24, 2.45) is 0 Å². The van der Waals surface area contributed by atoms with Gasteiger partial charge in [-0.1, -0.05) is 35.9 Å². The van der Waals surface area contributed by atoms with Crippen LogP contribution in [0.1, 0.15) is 11.1 Å². The lowest BCUT2D eigenvalue weighted by Crippen LogP contribution is -2.29. The molecule has 2 aromatic rings. The van der Waals surface area contributed by atoms with Crippen molar-refractivity contribution in [3.63, 3.8) is 0 Å². The molecule has 0 unspecified atom stereocenters. The highest BCUT2D eigenvalue weighted by atomic mass is 35.5. The van der Waals surface area contributed by atoms with Crippen LogP contribution >= 0.6 is 23.2 Å². The minimum Gasteiger partial charge on any atom is -0.266 e. The minimum atomic E-state index is -3.67. The van der Waals surface area contributed by atoms with Gasteiger partial charge in [-0.25, -0.2) is 8.42 Å². The van der Waals surface area contributed by atoms with E-state index in [-0.39, 0.29) is 15.8 Å². The molecule has 0 radical (unpaired) electrons. The lowest BCUT2D eigenvalue weighted by molar-refractivity contribution is 0.592. The highest BCUT2D eigenvalue weighted by Crippen LogP contribution is 2.35. The van der Waals surface area contributed by atoms with Crippen molar-refractivity contribution in [1.82, 2.24) is 0 Å². The molecule has 1 heterocycles. The van der Waals surface area contributed by atoms with Gasteiger partial charge in [-0.15, -0.1) is 11.6 Å². The molecule has 0 spiro atoms.